The molecule has 3 heteroatoms. The fourth-order valence-electron chi connectivity index (χ4n) is 0.791. The lowest BCUT2D eigenvalue weighted by molar-refractivity contribution is 0.341. The molecule has 0 saturated carbocycles. The highest BCUT2D eigenvalue weighted by atomic mass is 79.9. The van der Waals surface area contributed by atoms with Crippen LogP contribution in [0.2, 0.25) is 0 Å². The van der Waals surface area contributed by atoms with Gasteiger partial charge in [-0.2, -0.15) is 0 Å². The van der Waals surface area contributed by atoms with Crippen molar-refractivity contribution >= 4 is 22.0 Å². The van der Waals surface area contributed by atoms with Crippen LogP contribution in [0, 0.1) is 5.82 Å². The van der Waals surface area contributed by atoms with E-state index in [4.69, 9.17) is 0 Å². The van der Waals surface area contributed by atoms with Crippen LogP contribution >= 0.6 is 15.9 Å². The van der Waals surface area contributed by atoms with Gasteiger partial charge in [0.2, 0.25) is 0 Å². The van der Waals surface area contributed by atoms with Crippen LogP contribution in [0.5, 0.6) is 0 Å². The molecule has 0 atom stereocenters. The molecule has 0 aliphatic carbocycles. The van der Waals surface area contributed by atoms with Crippen molar-refractivity contribution in [2.75, 3.05) is 7.11 Å². The maximum absolute atomic E-state index is 13.2. The molecule has 0 bridgehead atoms. The monoisotopic (exact) mass is 230 g/mol. The Morgan fingerprint density at radius 3 is 2.92 bits per heavy atom. The quantitative estimate of drug-likeness (QED) is 0.710. The summed E-state index contributed by atoms with van der Waals surface area (Å²) < 4.78 is 18.3. The van der Waals surface area contributed by atoms with Crippen LogP contribution in [0.15, 0.2) is 28.9 Å². The number of rotatable bonds is 2. The van der Waals surface area contributed by atoms with Crippen LogP contribution in [0.3, 0.4) is 0 Å². The molecule has 1 nitrogen and oxygen atoms in total. The third-order valence-corrected chi connectivity index (χ3v) is 1.98. The second-order valence-electron chi connectivity index (χ2n) is 2.18. The van der Waals surface area contributed by atoms with E-state index in [1.54, 1.807) is 24.3 Å². The Bertz CT molecular complexity index is 297. The molecule has 0 amide bonds. The van der Waals surface area contributed by atoms with Gasteiger partial charge in [0.05, 0.1) is 17.8 Å². The van der Waals surface area contributed by atoms with Crippen LogP contribution in [-0.2, 0) is 4.74 Å². The lowest BCUT2D eigenvalue weighted by atomic mass is 10.2. The van der Waals surface area contributed by atoms with E-state index < -0.39 is 0 Å². The minimum absolute atomic E-state index is 0.272. The molecule has 0 aliphatic heterocycles. The van der Waals surface area contributed by atoms with Gasteiger partial charge in [-0.3, -0.25) is 0 Å². The summed E-state index contributed by atoms with van der Waals surface area (Å²) in [6, 6.07) is 5.09. The van der Waals surface area contributed by atoms with Gasteiger partial charge in [-0.1, -0.05) is 12.1 Å². The molecule has 0 saturated heterocycles. The highest BCUT2D eigenvalue weighted by molar-refractivity contribution is 9.10. The molecule has 1 aromatic carbocycles. The number of hydrogen-bond donors (Lipinski definition) is 0. The first-order chi connectivity index (χ1) is 5.75. The van der Waals surface area contributed by atoms with Crippen LogP contribution in [-0.4, -0.2) is 7.11 Å². The fourth-order valence-corrected chi connectivity index (χ4v) is 1.17. The number of benzene rings is 1. The zero-order valence-corrected chi connectivity index (χ0v) is 8.14. The molecule has 0 radical (unpaired) electrons. The van der Waals surface area contributed by atoms with Crippen molar-refractivity contribution in [2.45, 2.75) is 0 Å². The first-order valence-corrected chi connectivity index (χ1v) is 4.18. The molecule has 1 rings (SSSR count). The largest absolute Gasteiger partial charge is 0.504 e. The van der Waals surface area contributed by atoms with E-state index in [-0.39, 0.29) is 5.82 Å². The minimum atomic E-state index is -0.272. The Kier molecular flexibility index (Phi) is 3.29. The van der Waals surface area contributed by atoms with Gasteiger partial charge in [0.25, 0.3) is 0 Å². The summed E-state index contributed by atoms with van der Waals surface area (Å²) >= 11 is 3.09. The Labute approximate surface area is 79.0 Å². The zero-order chi connectivity index (χ0) is 8.97. The molecule has 0 aliphatic rings. The maximum atomic E-state index is 13.2. The van der Waals surface area contributed by atoms with Crippen molar-refractivity contribution in [3.63, 3.8) is 0 Å². The summed E-state index contributed by atoms with van der Waals surface area (Å²) in [5, 5.41) is 0. The highest BCUT2D eigenvalue weighted by Crippen LogP contribution is 2.19. The molecular formula is C9H8BrFO. The van der Waals surface area contributed by atoms with E-state index in [0.717, 1.165) is 0 Å². The van der Waals surface area contributed by atoms with Crippen LogP contribution in [0.25, 0.3) is 6.08 Å². The molecule has 12 heavy (non-hydrogen) atoms. The SMILES string of the molecule is CO/C=C/c1cccc(Br)c1F. The second-order valence-corrected chi connectivity index (χ2v) is 3.04. The topological polar surface area (TPSA) is 9.23 Å². The summed E-state index contributed by atoms with van der Waals surface area (Å²) in [7, 11) is 1.52. The number of hydrogen-bond acceptors (Lipinski definition) is 1. The van der Waals surface area contributed by atoms with Crippen molar-refractivity contribution in [2.24, 2.45) is 0 Å². The normalized spacial score (nSPS) is 10.6. The van der Waals surface area contributed by atoms with Crippen LogP contribution in [0.4, 0.5) is 4.39 Å². The predicted octanol–water partition coefficient (Wildman–Crippen LogP) is 3.21. The number of halogens is 2. The van der Waals surface area contributed by atoms with Gasteiger partial charge >= 0.3 is 0 Å². The summed E-state index contributed by atoms with van der Waals surface area (Å²) in [6.45, 7) is 0. The molecule has 0 N–H and O–H groups in total. The molecule has 1 aromatic rings. The third kappa shape index (κ3) is 2.08. The van der Waals surface area contributed by atoms with Gasteiger partial charge in [0, 0.05) is 5.56 Å². The zero-order valence-electron chi connectivity index (χ0n) is 6.55. The Morgan fingerprint density at radius 2 is 2.25 bits per heavy atom. The van der Waals surface area contributed by atoms with Crippen molar-refractivity contribution in [1.82, 2.24) is 0 Å². The van der Waals surface area contributed by atoms with Crippen LogP contribution < -0.4 is 0 Å². The van der Waals surface area contributed by atoms with Crippen molar-refractivity contribution in [3.05, 3.63) is 40.3 Å². The Balaban J connectivity index is 3.00. The maximum Gasteiger partial charge on any atom is 0.144 e. The van der Waals surface area contributed by atoms with Gasteiger partial charge in [0.15, 0.2) is 0 Å². The standard InChI is InChI=1S/C9H8BrFO/c1-12-6-5-7-3-2-4-8(10)9(7)11/h2-6H,1H3/b6-5+. The summed E-state index contributed by atoms with van der Waals surface area (Å²) in [6.07, 6.45) is 3.00. The first-order valence-electron chi connectivity index (χ1n) is 3.39. The predicted molar refractivity (Wildman–Crippen MR) is 50.1 cm³/mol. The molecule has 0 spiro atoms. The van der Waals surface area contributed by atoms with Gasteiger partial charge < -0.3 is 4.74 Å². The smallest absolute Gasteiger partial charge is 0.144 e. The number of methoxy groups -OCH3 is 1. The second kappa shape index (κ2) is 4.26. The minimum Gasteiger partial charge on any atom is -0.504 e. The van der Waals surface area contributed by atoms with E-state index >= 15 is 0 Å². The van der Waals surface area contributed by atoms with Gasteiger partial charge in [-0.25, -0.2) is 4.39 Å². The molecule has 64 valence electrons. The van der Waals surface area contributed by atoms with E-state index in [2.05, 4.69) is 20.7 Å². The lowest BCUT2D eigenvalue weighted by Crippen LogP contribution is -1.82. The molecule has 0 aromatic heterocycles. The molecule has 0 fully saturated rings. The van der Waals surface area contributed by atoms with E-state index in [1.165, 1.54) is 13.4 Å². The number of ether oxygens (including phenoxy) is 1. The third-order valence-electron chi connectivity index (χ3n) is 1.37. The van der Waals surface area contributed by atoms with Crippen LogP contribution in [0.1, 0.15) is 5.56 Å². The van der Waals surface area contributed by atoms with Gasteiger partial charge in [-0.15, -0.1) is 0 Å². The molecule has 0 unspecified atom stereocenters. The van der Waals surface area contributed by atoms with Gasteiger partial charge in [0.1, 0.15) is 5.82 Å². The van der Waals surface area contributed by atoms with Crippen molar-refractivity contribution in [1.29, 1.82) is 0 Å². The van der Waals surface area contributed by atoms with Crippen molar-refractivity contribution < 1.29 is 9.13 Å². The molecule has 0 heterocycles. The summed E-state index contributed by atoms with van der Waals surface area (Å²) in [4.78, 5) is 0. The van der Waals surface area contributed by atoms with E-state index in [1.807, 2.05) is 0 Å². The van der Waals surface area contributed by atoms with Crippen molar-refractivity contribution in [3.8, 4) is 0 Å². The summed E-state index contributed by atoms with van der Waals surface area (Å²) in [5.41, 5.74) is 0.506. The Morgan fingerprint density at radius 1 is 1.50 bits per heavy atom. The van der Waals surface area contributed by atoms with Gasteiger partial charge in [-0.05, 0) is 28.1 Å². The lowest BCUT2D eigenvalue weighted by Gasteiger charge is -1.97. The van der Waals surface area contributed by atoms with E-state index in [9.17, 15) is 4.39 Å². The average molecular weight is 231 g/mol. The summed E-state index contributed by atoms with van der Waals surface area (Å²) in [5.74, 6) is -0.272. The average Bonchev–Trinajstić information content (AvgIpc) is 2.08. The Hall–Kier alpha value is -0.830. The first kappa shape index (κ1) is 9.26. The fraction of sp³-hybridized carbons (Fsp3) is 0.111. The highest BCUT2D eigenvalue weighted by Gasteiger charge is 2.01. The van der Waals surface area contributed by atoms with E-state index in [0.29, 0.717) is 10.0 Å². The molecular weight excluding hydrogens is 223 g/mol.